The van der Waals surface area contributed by atoms with Gasteiger partial charge in [-0.05, 0) is 18.6 Å². The van der Waals surface area contributed by atoms with E-state index >= 15 is 0 Å². The Kier molecular flexibility index (Phi) is 4.23. The number of thioether (sulfide) groups is 1. The van der Waals surface area contributed by atoms with E-state index in [1.807, 2.05) is 30.3 Å². The number of aliphatic hydroxyl groups is 2. The fourth-order valence-electron chi connectivity index (χ4n) is 1.71. The zero-order valence-electron chi connectivity index (χ0n) is 8.95. The van der Waals surface area contributed by atoms with Crippen molar-refractivity contribution in [3.8, 4) is 0 Å². The average Bonchev–Trinajstić information content (AvgIpc) is 2.32. The largest absolute Gasteiger partial charge is 0.390 e. The highest BCUT2D eigenvalue weighted by molar-refractivity contribution is 7.99. The summed E-state index contributed by atoms with van der Waals surface area (Å²) in [5.74, 6) is 0.669. The minimum atomic E-state index is -0.718. The molecule has 1 aliphatic rings. The number of hydrogen-bond donors (Lipinski definition) is 2. The van der Waals surface area contributed by atoms with Crippen LogP contribution in [0.4, 0.5) is 0 Å². The van der Waals surface area contributed by atoms with Crippen LogP contribution in [0.3, 0.4) is 0 Å². The van der Waals surface area contributed by atoms with Crippen molar-refractivity contribution in [3.05, 3.63) is 30.3 Å². The lowest BCUT2D eigenvalue weighted by Gasteiger charge is -2.31. The highest BCUT2D eigenvalue weighted by Crippen LogP contribution is 2.25. The van der Waals surface area contributed by atoms with Crippen LogP contribution < -0.4 is 0 Å². The van der Waals surface area contributed by atoms with Gasteiger partial charge in [0.2, 0.25) is 0 Å². The lowest BCUT2D eigenvalue weighted by Crippen LogP contribution is -2.40. The van der Waals surface area contributed by atoms with Gasteiger partial charge in [0, 0.05) is 17.1 Å². The molecule has 0 spiro atoms. The lowest BCUT2D eigenvalue weighted by molar-refractivity contribution is -0.190. The first-order valence-electron chi connectivity index (χ1n) is 5.45. The SMILES string of the molecule is OC1CC[C@H](O)[C@@H](CSc2ccccc2)O1. The van der Waals surface area contributed by atoms with Crippen LogP contribution in [-0.2, 0) is 4.74 Å². The molecule has 0 radical (unpaired) electrons. The first-order chi connectivity index (χ1) is 7.75. The predicted molar refractivity (Wildman–Crippen MR) is 63.3 cm³/mol. The molecule has 3 nitrogen and oxygen atoms in total. The van der Waals surface area contributed by atoms with E-state index in [-0.39, 0.29) is 6.10 Å². The fourth-order valence-corrected chi connectivity index (χ4v) is 2.71. The Morgan fingerprint density at radius 1 is 1.19 bits per heavy atom. The van der Waals surface area contributed by atoms with E-state index in [0.717, 1.165) is 4.90 Å². The maximum Gasteiger partial charge on any atom is 0.155 e. The molecule has 0 aromatic heterocycles. The predicted octanol–water partition coefficient (Wildman–Crippen LogP) is 1.64. The van der Waals surface area contributed by atoms with Gasteiger partial charge in [-0.15, -0.1) is 11.8 Å². The number of hydrogen-bond acceptors (Lipinski definition) is 4. The van der Waals surface area contributed by atoms with Gasteiger partial charge in [-0.3, -0.25) is 0 Å². The Balaban J connectivity index is 1.85. The van der Waals surface area contributed by atoms with Crippen LogP contribution in [0.5, 0.6) is 0 Å². The fraction of sp³-hybridized carbons (Fsp3) is 0.500. The molecule has 2 rings (SSSR count). The third-order valence-electron chi connectivity index (χ3n) is 2.63. The lowest BCUT2D eigenvalue weighted by atomic mass is 10.1. The maximum atomic E-state index is 9.72. The summed E-state index contributed by atoms with van der Waals surface area (Å²) in [7, 11) is 0. The van der Waals surface area contributed by atoms with E-state index in [0.29, 0.717) is 18.6 Å². The van der Waals surface area contributed by atoms with Crippen LogP contribution in [0.15, 0.2) is 35.2 Å². The van der Waals surface area contributed by atoms with E-state index in [1.54, 1.807) is 11.8 Å². The molecule has 0 saturated carbocycles. The Labute approximate surface area is 99.4 Å². The van der Waals surface area contributed by atoms with Crippen molar-refractivity contribution in [1.29, 1.82) is 0 Å². The Morgan fingerprint density at radius 2 is 1.94 bits per heavy atom. The van der Waals surface area contributed by atoms with Crippen molar-refractivity contribution < 1.29 is 14.9 Å². The van der Waals surface area contributed by atoms with Gasteiger partial charge in [-0.1, -0.05) is 18.2 Å². The molecule has 1 fully saturated rings. The second-order valence-corrected chi connectivity index (χ2v) is 4.99. The van der Waals surface area contributed by atoms with Crippen molar-refractivity contribution in [3.63, 3.8) is 0 Å². The van der Waals surface area contributed by atoms with E-state index in [1.165, 1.54) is 0 Å². The number of aliphatic hydroxyl groups excluding tert-OH is 2. The van der Waals surface area contributed by atoms with E-state index in [9.17, 15) is 10.2 Å². The molecule has 1 heterocycles. The molecular formula is C12H16O3S. The van der Waals surface area contributed by atoms with Crippen molar-refractivity contribution >= 4 is 11.8 Å². The molecule has 3 atom stereocenters. The number of rotatable bonds is 3. The standard InChI is InChI=1S/C12H16O3S/c13-10-6-7-12(14)15-11(10)8-16-9-4-2-1-3-5-9/h1-5,10-14H,6-8H2/t10-,11+,12?/m0/s1. The summed E-state index contributed by atoms with van der Waals surface area (Å²) in [5, 5.41) is 19.1. The van der Waals surface area contributed by atoms with E-state index in [4.69, 9.17) is 4.74 Å². The molecule has 16 heavy (non-hydrogen) atoms. The van der Waals surface area contributed by atoms with Crippen molar-refractivity contribution in [2.75, 3.05) is 5.75 Å². The molecule has 0 bridgehead atoms. The molecule has 1 aliphatic heterocycles. The zero-order chi connectivity index (χ0) is 11.4. The quantitative estimate of drug-likeness (QED) is 0.789. The summed E-state index contributed by atoms with van der Waals surface area (Å²) in [6.45, 7) is 0. The van der Waals surface area contributed by atoms with Crippen LogP contribution in [0.25, 0.3) is 0 Å². The molecular weight excluding hydrogens is 224 g/mol. The molecule has 2 N–H and O–H groups in total. The van der Waals surface area contributed by atoms with Crippen molar-refractivity contribution in [2.24, 2.45) is 0 Å². The van der Waals surface area contributed by atoms with Gasteiger partial charge < -0.3 is 14.9 Å². The number of ether oxygens (including phenoxy) is 1. The van der Waals surface area contributed by atoms with Gasteiger partial charge >= 0.3 is 0 Å². The van der Waals surface area contributed by atoms with Gasteiger partial charge in [0.25, 0.3) is 0 Å². The van der Waals surface area contributed by atoms with Gasteiger partial charge in [0.15, 0.2) is 6.29 Å². The molecule has 1 aromatic carbocycles. The van der Waals surface area contributed by atoms with Crippen LogP contribution >= 0.6 is 11.8 Å². The van der Waals surface area contributed by atoms with Crippen LogP contribution in [-0.4, -0.2) is 34.5 Å². The zero-order valence-corrected chi connectivity index (χ0v) is 9.77. The highest BCUT2D eigenvalue weighted by Gasteiger charge is 2.28. The summed E-state index contributed by atoms with van der Waals surface area (Å²) in [6, 6.07) is 9.98. The summed E-state index contributed by atoms with van der Waals surface area (Å²) in [5.41, 5.74) is 0. The molecule has 0 aliphatic carbocycles. The summed E-state index contributed by atoms with van der Waals surface area (Å²) in [4.78, 5) is 1.15. The third-order valence-corrected chi connectivity index (χ3v) is 3.73. The number of benzene rings is 1. The summed E-state index contributed by atoms with van der Waals surface area (Å²) >= 11 is 1.64. The van der Waals surface area contributed by atoms with Gasteiger partial charge in [-0.2, -0.15) is 0 Å². The summed E-state index contributed by atoms with van der Waals surface area (Å²) < 4.78 is 5.30. The highest BCUT2D eigenvalue weighted by atomic mass is 32.2. The second kappa shape index (κ2) is 5.68. The van der Waals surface area contributed by atoms with Crippen LogP contribution in [0.1, 0.15) is 12.8 Å². The van der Waals surface area contributed by atoms with Crippen molar-refractivity contribution in [2.45, 2.75) is 36.2 Å². The first-order valence-corrected chi connectivity index (χ1v) is 6.43. The minimum absolute atomic E-state index is 0.269. The second-order valence-electron chi connectivity index (χ2n) is 3.90. The van der Waals surface area contributed by atoms with E-state index < -0.39 is 12.4 Å². The molecule has 1 saturated heterocycles. The normalized spacial score (nSPS) is 30.2. The van der Waals surface area contributed by atoms with Gasteiger partial charge in [0.05, 0.1) is 12.2 Å². The Hall–Kier alpha value is -0.550. The minimum Gasteiger partial charge on any atom is -0.390 e. The van der Waals surface area contributed by atoms with Crippen molar-refractivity contribution in [1.82, 2.24) is 0 Å². The average molecular weight is 240 g/mol. The van der Waals surface area contributed by atoms with Crippen LogP contribution in [0.2, 0.25) is 0 Å². The first kappa shape index (κ1) is 11.9. The Bertz CT molecular complexity index is 317. The molecule has 1 unspecified atom stereocenters. The maximum absolute atomic E-state index is 9.72. The van der Waals surface area contributed by atoms with E-state index in [2.05, 4.69) is 0 Å². The molecule has 88 valence electrons. The smallest absolute Gasteiger partial charge is 0.155 e. The Morgan fingerprint density at radius 3 is 2.69 bits per heavy atom. The van der Waals surface area contributed by atoms with Gasteiger partial charge in [-0.25, -0.2) is 0 Å². The topological polar surface area (TPSA) is 49.7 Å². The molecule has 1 aromatic rings. The monoisotopic (exact) mass is 240 g/mol. The summed E-state index contributed by atoms with van der Waals surface area (Å²) in [6.07, 6.45) is -0.312. The molecule has 4 heteroatoms. The molecule has 0 amide bonds. The third kappa shape index (κ3) is 3.22. The van der Waals surface area contributed by atoms with Gasteiger partial charge in [0.1, 0.15) is 0 Å². The van der Waals surface area contributed by atoms with Crippen LogP contribution in [0, 0.1) is 0 Å².